The van der Waals surface area contributed by atoms with Crippen LogP contribution in [0.4, 0.5) is 8.78 Å². The summed E-state index contributed by atoms with van der Waals surface area (Å²) < 4.78 is 26.4. The summed E-state index contributed by atoms with van der Waals surface area (Å²) in [5.41, 5.74) is -0.148. The number of hydrogen-bond donors (Lipinski definition) is 1. The van der Waals surface area contributed by atoms with Gasteiger partial charge in [0.15, 0.2) is 5.78 Å². The van der Waals surface area contributed by atoms with Gasteiger partial charge in [0.2, 0.25) is 0 Å². The highest BCUT2D eigenvalue weighted by Gasteiger charge is 2.15. The van der Waals surface area contributed by atoms with E-state index >= 15 is 0 Å². The SMILES string of the molecule is O=C(CCNC1CCCCC1)c1cc(F)ccc1F. The molecule has 0 amide bonds. The molecular weight excluding hydrogens is 248 g/mol. The molecule has 0 bridgehead atoms. The molecule has 0 radical (unpaired) electrons. The fraction of sp³-hybridized carbons (Fsp3) is 0.533. The van der Waals surface area contributed by atoms with E-state index in [0.717, 1.165) is 31.0 Å². The maximum atomic E-state index is 13.4. The van der Waals surface area contributed by atoms with Crippen LogP contribution >= 0.6 is 0 Å². The van der Waals surface area contributed by atoms with Gasteiger partial charge < -0.3 is 5.32 Å². The van der Waals surface area contributed by atoms with E-state index < -0.39 is 11.6 Å². The Kier molecular flexibility index (Phi) is 5.02. The Morgan fingerprint density at radius 3 is 2.68 bits per heavy atom. The molecule has 1 aliphatic rings. The molecule has 0 spiro atoms. The van der Waals surface area contributed by atoms with E-state index in [0.29, 0.717) is 12.6 Å². The van der Waals surface area contributed by atoms with Gasteiger partial charge in [-0.05, 0) is 31.0 Å². The maximum Gasteiger partial charge on any atom is 0.167 e. The molecule has 0 aromatic heterocycles. The highest BCUT2D eigenvalue weighted by molar-refractivity contribution is 5.96. The number of hydrogen-bond acceptors (Lipinski definition) is 2. The Hall–Kier alpha value is -1.29. The summed E-state index contributed by atoms with van der Waals surface area (Å²) in [6.45, 7) is 0.527. The van der Waals surface area contributed by atoms with Crippen LogP contribution in [0.5, 0.6) is 0 Å². The van der Waals surface area contributed by atoms with Gasteiger partial charge in [-0.15, -0.1) is 0 Å². The van der Waals surface area contributed by atoms with Gasteiger partial charge in [0.25, 0.3) is 0 Å². The quantitative estimate of drug-likeness (QED) is 0.828. The predicted molar refractivity (Wildman–Crippen MR) is 70.2 cm³/mol. The number of benzene rings is 1. The molecule has 1 saturated carbocycles. The Labute approximate surface area is 112 Å². The zero-order valence-corrected chi connectivity index (χ0v) is 10.9. The lowest BCUT2D eigenvalue weighted by Crippen LogP contribution is -2.32. The van der Waals surface area contributed by atoms with Crippen LogP contribution in [0.1, 0.15) is 48.9 Å². The van der Waals surface area contributed by atoms with Gasteiger partial charge in [-0.1, -0.05) is 19.3 Å². The molecule has 1 fully saturated rings. The largest absolute Gasteiger partial charge is 0.314 e. The first-order valence-corrected chi connectivity index (χ1v) is 6.88. The van der Waals surface area contributed by atoms with Crippen LogP contribution in [-0.4, -0.2) is 18.4 Å². The normalized spacial score (nSPS) is 16.5. The minimum atomic E-state index is -0.649. The molecule has 4 heteroatoms. The summed E-state index contributed by atoms with van der Waals surface area (Å²) in [6, 6.07) is 3.46. The Balaban J connectivity index is 1.82. The number of ketones is 1. The maximum absolute atomic E-state index is 13.4. The third-order valence-corrected chi connectivity index (χ3v) is 3.62. The van der Waals surface area contributed by atoms with E-state index in [1.807, 2.05) is 0 Å². The fourth-order valence-electron chi connectivity index (χ4n) is 2.54. The first-order valence-electron chi connectivity index (χ1n) is 6.88. The Morgan fingerprint density at radius 1 is 1.21 bits per heavy atom. The zero-order valence-electron chi connectivity index (χ0n) is 10.9. The van der Waals surface area contributed by atoms with Crippen molar-refractivity contribution >= 4 is 5.78 Å². The number of Topliss-reactive ketones (excluding diaryl/α,β-unsaturated/α-hetero) is 1. The molecule has 104 valence electrons. The van der Waals surface area contributed by atoms with Crippen molar-refractivity contribution in [3.05, 3.63) is 35.4 Å². The molecule has 2 nitrogen and oxygen atoms in total. The van der Waals surface area contributed by atoms with E-state index in [-0.39, 0.29) is 17.8 Å². The third-order valence-electron chi connectivity index (χ3n) is 3.62. The second-order valence-electron chi connectivity index (χ2n) is 5.09. The predicted octanol–water partition coefficient (Wildman–Crippen LogP) is 3.46. The Bertz CT molecular complexity index is 442. The van der Waals surface area contributed by atoms with E-state index in [1.165, 1.54) is 19.3 Å². The average molecular weight is 267 g/mol. The average Bonchev–Trinajstić information content (AvgIpc) is 2.42. The summed E-state index contributed by atoms with van der Waals surface area (Å²) >= 11 is 0. The molecule has 0 unspecified atom stereocenters. The lowest BCUT2D eigenvalue weighted by atomic mass is 9.95. The van der Waals surface area contributed by atoms with Crippen LogP contribution in [0.2, 0.25) is 0 Å². The van der Waals surface area contributed by atoms with Gasteiger partial charge in [0, 0.05) is 19.0 Å². The monoisotopic (exact) mass is 267 g/mol. The van der Waals surface area contributed by atoms with Crippen molar-refractivity contribution in [2.75, 3.05) is 6.54 Å². The van der Waals surface area contributed by atoms with Crippen molar-refractivity contribution in [1.29, 1.82) is 0 Å². The standard InChI is InChI=1S/C15H19F2NO/c16-11-6-7-14(17)13(10-11)15(19)8-9-18-12-4-2-1-3-5-12/h6-7,10,12,18H,1-5,8-9H2. The van der Waals surface area contributed by atoms with Crippen LogP contribution in [-0.2, 0) is 0 Å². The number of halogens is 2. The molecular formula is C15H19F2NO. The van der Waals surface area contributed by atoms with Crippen LogP contribution in [0.3, 0.4) is 0 Å². The second-order valence-corrected chi connectivity index (χ2v) is 5.09. The molecule has 0 heterocycles. The van der Waals surface area contributed by atoms with Crippen molar-refractivity contribution < 1.29 is 13.6 Å². The molecule has 1 aliphatic carbocycles. The highest BCUT2D eigenvalue weighted by atomic mass is 19.1. The summed E-state index contributed by atoms with van der Waals surface area (Å²) in [7, 11) is 0. The van der Waals surface area contributed by atoms with Gasteiger partial charge >= 0.3 is 0 Å². The van der Waals surface area contributed by atoms with Crippen molar-refractivity contribution in [2.24, 2.45) is 0 Å². The van der Waals surface area contributed by atoms with Crippen molar-refractivity contribution in [3.8, 4) is 0 Å². The topological polar surface area (TPSA) is 29.1 Å². The molecule has 0 atom stereocenters. The molecule has 1 N–H and O–H groups in total. The minimum Gasteiger partial charge on any atom is -0.314 e. The van der Waals surface area contributed by atoms with Crippen LogP contribution in [0, 0.1) is 11.6 Å². The number of carbonyl (C=O) groups excluding carboxylic acids is 1. The van der Waals surface area contributed by atoms with Gasteiger partial charge in [-0.2, -0.15) is 0 Å². The number of rotatable bonds is 5. The van der Waals surface area contributed by atoms with Crippen LogP contribution in [0.15, 0.2) is 18.2 Å². The first-order chi connectivity index (χ1) is 9.16. The Morgan fingerprint density at radius 2 is 1.95 bits per heavy atom. The molecule has 0 saturated heterocycles. The van der Waals surface area contributed by atoms with Crippen LogP contribution in [0.25, 0.3) is 0 Å². The van der Waals surface area contributed by atoms with Crippen molar-refractivity contribution in [1.82, 2.24) is 5.32 Å². The number of carbonyl (C=O) groups is 1. The smallest absolute Gasteiger partial charge is 0.167 e. The van der Waals surface area contributed by atoms with Gasteiger partial charge in [0.05, 0.1) is 5.56 Å². The summed E-state index contributed by atoms with van der Waals surface area (Å²) in [6.07, 6.45) is 6.22. The molecule has 0 aliphatic heterocycles. The summed E-state index contributed by atoms with van der Waals surface area (Å²) in [5.74, 6) is -1.57. The molecule has 1 aromatic carbocycles. The van der Waals surface area contributed by atoms with E-state index in [4.69, 9.17) is 0 Å². The fourth-order valence-corrected chi connectivity index (χ4v) is 2.54. The lowest BCUT2D eigenvalue weighted by molar-refractivity contribution is 0.0976. The van der Waals surface area contributed by atoms with Gasteiger partial charge in [-0.3, -0.25) is 4.79 Å². The second kappa shape index (κ2) is 6.75. The highest BCUT2D eigenvalue weighted by Crippen LogP contribution is 2.17. The molecule has 2 rings (SSSR count). The molecule has 19 heavy (non-hydrogen) atoms. The van der Waals surface area contributed by atoms with Crippen molar-refractivity contribution in [2.45, 2.75) is 44.6 Å². The molecule has 1 aromatic rings. The van der Waals surface area contributed by atoms with Gasteiger partial charge in [0.1, 0.15) is 11.6 Å². The third kappa shape index (κ3) is 4.10. The summed E-state index contributed by atoms with van der Waals surface area (Å²) in [5, 5.41) is 3.32. The zero-order chi connectivity index (χ0) is 13.7. The van der Waals surface area contributed by atoms with Crippen molar-refractivity contribution in [3.63, 3.8) is 0 Å². The first kappa shape index (κ1) is 14.1. The lowest BCUT2D eigenvalue weighted by Gasteiger charge is -2.22. The van der Waals surface area contributed by atoms with E-state index in [2.05, 4.69) is 5.32 Å². The van der Waals surface area contributed by atoms with Crippen LogP contribution < -0.4 is 5.32 Å². The van der Waals surface area contributed by atoms with Gasteiger partial charge in [-0.25, -0.2) is 8.78 Å². The number of nitrogens with one attached hydrogen (secondary N) is 1. The minimum absolute atomic E-state index is 0.148. The summed E-state index contributed by atoms with van der Waals surface area (Å²) in [4.78, 5) is 11.8. The van der Waals surface area contributed by atoms with E-state index in [1.54, 1.807) is 0 Å². The van der Waals surface area contributed by atoms with E-state index in [9.17, 15) is 13.6 Å².